The monoisotopic (exact) mass is 422 g/mol. The van der Waals surface area contributed by atoms with Crippen molar-refractivity contribution in [1.82, 2.24) is 0 Å². The first kappa shape index (κ1) is 19.6. The van der Waals surface area contributed by atoms with Crippen LogP contribution in [-0.4, -0.2) is 77.0 Å². The first-order valence-corrected chi connectivity index (χ1v) is 11.4. The lowest BCUT2D eigenvalue weighted by molar-refractivity contribution is 0.388. The van der Waals surface area contributed by atoms with Crippen LogP contribution in [0.1, 0.15) is 11.1 Å². The molecule has 6 nitrogen and oxygen atoms in total. The molecule has 4 heterocycles. The van der Waals surface area contributed by atoms with Gasteiger partial charge in [0, 0.05) is 37.6 Å². The molecule has 0 amide bonds. The fourth-order valence-electron chi connectivity index (χ4n) is 4.13. The van der Waals surface area contributed by atoms with E-state index in [1.807, 2.05) is 0 Å². The number of hydrogen-bond acceptors (Lipinski definition) is 6. The molecule has 4 saturated heterocycles. The van der Waals surface area contributed by atoms with Gasteiger partial charge in [-0.1, -0.05) is 24.3 Å². The zero-order chi connectivity index (χ0) is 20.6. The Morgan fingerprint density at radius 3 is 1.06 bits per heavy atom. The summed E-state index contributed by atoms with van der Waals surface area (Å²) in [5.74, 6) is 0. The van der Waals surface area contributed by atoms with Crippen LogP contribution >= 0.6 is 0 Å². The first-order valence-electron chi connectivity index (χ1n) is 11.4. The lowest BCUT2D eigenvalue weighted by Crippen LogP contribution is -2.31. The van der Waals surface area contributed by atoms with Gasteiger partial charge in [0.2, 0.25) is 0 Å². The van der Waals surface area contributed by atoms with Crippen molar-refractivity contribution in [2.45, 2.75) is 30.8 Å². The minimum absolute atomic E-state index is 0.384. The van der Waals surface area contributed by atoms with E-state index in [0.717, 1.165) is 59.0 Å². The number of anilines is 2. The molecule has 6 heteroatoms. The summed E-state index contributed by atoms with van der Waals surface area (Å²) in [6, 6.07) is 17.9. The van der Waals surface area contributed by atoms with E-state index in [4.69, 9.17) is 18.9 Å². The summed E-state index contributed by atoms with van der Waals surface area (Å²) in [6.45, 7) is 7.35. The van der Waals surface area contributed by atoms with Crippen LogP contribution in [0, 0.1) is 0 Å². The molecule has 4 atom stereocenters. The van der Waals surface area contributed by atoms with Gasteiger partial charge in [-0.3, -0.25) is 0 Å². The number of rotatable bonds is 12. The maximum atomic E-state index is 5.44. The Morgan fingerprint density at radius 1 is 0.516 bits per heavy atom. The van der Waals surface area contributed by atoms with E-state index in [-0.39, 0.29) is 0 Å². The van der Waals surface area contributed by atoms with Crippen LogP contribution in [-0.2, 0) is 25.4 Å². The van der Waals surface area contributed by atoms with Crippen LogP contribution < -0.4 is 9.80 Å². The van der Waals surface area contributed by atoms with Gasteiger partial charge in [-0.2, -0.15) is 0 Å². The van der Waals surface area contributed by atoms with E-state index in [1.54, 1.807) is 0 Å². The lowest BCUT2D eigenvalue weighted by Gasteiger charge is -2.24. The van der Waals surface area contributed by atoms with Gasteiger partial charge in [0.15, 0.2) is 0 Å². The lowest BCUT2D eigenvalue weighted by atomic mass is 10.0. The summed E-state index contributed by atoms with van der Waals surface area (Å²) in [6.07, 6.45) is 2.48. The highest BCUT2D eigenvalue weighted by molar-refractivity contribution is 5.51. The summed E-state index contributed by atoms with van der Waals surface area (Å²) < 4.78 is 21.8. The topological polar surface area (TPSA) is 56.6 Å². The quantitative estimate of drug-likeness (QED) is 0.490. The number of epoxide rings is 4. The fraction of sp³-hybridized carbons (Fsp3) is 0.520. The molecule has 0 spiro atoms. The minimum Gasteiger partial charge on any atom is -0.371 e. The molecule has 0 saturated carbocycles. The molecule has 4 fully saturated rings. The highest BCUT2D eigenvalue weighted by Crippen LogP contribution is 2.25. The summed E-state index contributed by atoms with van der Waals surface area (Å²) >= 11 is 0. The molecular weight excluding hydrogens is 392 g/mol. The molecule has 0 bridgehead atoms. The van der Waals surface area contributed by atoms with Crippen molar-refractivity contribution in [1.29, 1.82) is 0 Å². The molecule has 0 aliphatic carbocycles. The Kier molecular flexibility index (Phi) is 5.32. The van der Waals surface area contributed by atoms with E-state index in [9.17, 15) is 0 Å². The molecule has 31 heavy (non-hydrogen) atoms. The predicted octanol–water partition coefficient (Wildman–Crippen LogP) is 2.49. The van der Waals surface area contributed by atoms with Gasteiger partial charge in [0.1, 0.15) is 0 Å². The van der Waals surface area contributed by atoms with E-state index in [2.05, 4.69) is 58.3 Å². The molecule has 0 aromatic heterocycles. The molecule has 0 radical (unpaired) electrons. The van der Waals surface area contributed by atoms with Gasteiger partial charge in [0.05, 0.1) is 50.8 Å². The standard InChI is InChI=1S/C25H30N2O4/c1-5-20(26(10-22-14-28-22)11-23-15-29-23)6-2-18(1)9-19-3-7-21(8-4-19)27(12-24-16-30-24)13-25-17-31-25/h1-8,22-25H,9-17H2/t22-,23-,24-,25+/m0/s1. The molecule has 4 aliphatic rings. The van der Waals surface area contributed by atoms with Crippen molar-refractivity contribution < 1.29 is 18.9 Å². The fourth-order valence-corrected chi connectivity index (χ4v) is 4.13. The van der Waals surface area contributed by atoms with Crippen LogP contribution in [0.25, 0.3) is 0 Å². The Balaban J connectivity index is 1.08. The normalized spacial score (nSPS) is 27.6. The number of nitrogens with zero attached hydrogens (tertiary/aromatic N) is 2. The summed E-state index contributed by atoms with van der Waals surface area (Å²) in [4.78, 5) is 4.80. The largest absolute Gasteiger partial charge is 0.371 e. The molecule has 2 aromatic carbocycles. The molecule has 0 N–H and O–H groups in total. The van der Waals surface area contributed by atoms with Crippen LogP contribution in [0.4, 0.5) is 11.4 Å². The van der Waals surface area contributed by atoms with Gasteiger partial charge in [-0.05, 0) is 41.8 Å². The third kappa shape index (κ3) is 5.57. The maximum Gasteiger partial charge on any atom is 0.0984 e. The highest BCUT2D eigenvalue weighted by atomic mass is 16.6. The van der Waals surface area contributed by atoms with Crippen LogP contribution in [0.2, 0.25) is 0 Å². The van der Waals surface area contributed by atoms with Crippen molar-refractivity contribution in [3.8, 4) is 0 Å². The van der Waals surface area contributed by atoms with Crippen LogP contribution in [0.3, 0.4) is 0 Å². The second-order valence-electron chi connectivity index (χ2n) is 9.14. The second-order valence-corrected chi connectivity index (χ2v) is 9.14. The van der Waals surface area contributed by atoms with Gasteiger partial charge in [-0.15, -0.1) is 0 Å². The zero-order valence-electron chi connectivity index (χ0n) is 17.8. The zero-order valence-corrected chi connectivity index (χ0v) is 17.8. The predicted molar refractivity (Wildman–Crippen MR) is 119 cm³/mol. The number of hydrogen-bond donors (Lipinski definition) is 0. The second kappa shape index (κ2) is 8.43. The molecule has 4 aliphatic heterocycles. The Labute approximate surface area is 183 Å². The van der Waals surface area contributed by atoms with Crippen LogP contribution in [0.15, 0.2) is 48.5 Å². The summed E-state index contributed by atoms with van der Waals surface area (Å²) in [7, 11) is 0. The van der Waals surface area contributed by atoms with Crippen molar-refractivity contribution in [3.63, 3.8) is 0 Å². The van der Waals surface area contributed by atoms with E-state index in [0.29, 0.717) is 24.4 Å². The molecule has 164 valence electrons. The van der Waals surface area contributed by atoms with Gasteiger partial charge < -0.3 is 28.7 Å². The van der Waals surface area contributed by atoms with Crippen LogP contribution in [0.5, 0.6) is 0 Å². The molecule has 6 rings (SSSR count). The summed E-state index contributed by atoms with van der Waals surface area (Å²) in [5, 5.41) is 0. The Bertz CT molecular complexity index is 770. The Morgan fingerprint density at radius 2 is 0.806 bits per heavy atom. The maximum absolute atomic E-state index is 5.44. The molecular formula is C25H30N2O4. The first-order chi connectivity index (χ1) is 15.3. The Hall–Kier alpha value is -2.12. The van der Waals surface area contributed by atoms with Gasteiger partial charge in [0.25, 0.3) is 0 Å². The van der Waals surface area contributed by atoms with E-state index in [1.165, 1.54) is 22.5 Å². The van der Waals surface area contributed by atoms with Gasteiger partial charge >= 0.3 is 0 Å². The van der Waals surface area contributed by atoms with Crippen molar-refractivity contribution in [2.75, 3.05) is 62.4 Å². The minimum atomic E-state index is 0.384. The van der Waals surface area contributed by atoms with E-state index >= 15 is 0 Å². The average molecular weight is 423 g/mol. The van der Waals surface area contributed by atoms with Gasteiger partial charge in [-0.25, -0.2) is 0 Å². The van der Waals surface area contributed by atoms with Crippen molar-refractivity contribution in [3.05, 3.63) is 59.7 Å². The highest BCUT2D eigenvalue weighted by Gasteiger charge is 2.32. The van der Waals surface area contributed by atoms with Crippen molar-refractivity contribution in [2.24, 2.45) is 0 Å². The molecule has 0 unspecified atom stereocenters. The van der Waals surface area contributed by atoms with Crippen molar-refractivity contribution >= 4 is 11.4 Å². The third-order valence-electron chi connectivity index (χ3n) is 6.32. The average Bonchev–Trinajstić information content (AvgIpc) is 3.63. The number of ether oxygens (including phenoxy) is 4. The smallest absolute Gasteiger partial charge is 0.0984 e. The summed E-state index contributed by atoms with van der Waals surface area (Å²) in [5.41, 5.74) is 5.17. The third-order valence-corrected chi connectivity index (χ3v) is 6.32. The molecule has 2 aromatic rings. The number of benzene rings is 2. The SMILES string of the molecule is c1cc(N(C[C@H]2CO2)C[C@H]2CO2)ccc1Cc1ccc(N(C[C@H]2CO2)C[C@@H]2CO2)cc1. The van der Waals surface area contributed by atoms with E-state index < -0.39 is 0 Å².